The summed E-state index contributed by atoms with van der Waals surface area (Å²) in [5, 5.41) is 0.559. The van der Waals surface area contributed by atoms with E-state index in [1.165, 1.54) is 32.7 Å². The normalized spacial score (nSPS) is 26.3. The summed E-state index contributed by atoms with van der Waals surface area (Å²) in [5.74, 6) is 0.0873. The summed E-state index contributed by atoms with van der Waals surface area (Å²) in [5.41, 5.74) is 0.639. The second kappa shape index (κ2) is 7.65. The summed E-state index contributed by atoms with van der Waals surface area (Å²) in [6.07, 6.45) is 2.24. The second-order valence-electron chi connectivity index (χ2n) is 6.81. The molecular formula is C18H28ClN3O+2. The van der Waals surface area contributed by atoms with Crippen molar-refractivity contribution in [3.05, 3.63) is 34.9 Å². The van der Waals surface area contributed by atoms with Crippen LogP contribution >= 0.6 is 11.6 Å². The molecule has 0 radical (unpaired) electrons. The van der Waals surface area contributed by atoms with E-state index in [0.717, 1.165) is 32.0 Å². The van der Waals surface area contributed by atoms with Crippen LogP contribution in [0.3, 0.4) is 0 Å². The molecule has 4 nitrogen and oxygen atoms in total. The van der Waals surface area contributed by atoms with E-state index in [1.54, 1.807) is 15.9 Å². The van der Waals surface area contributed by atoms with Crippen LogP contribution in [0.2, 0.25) is 5.02 Å². The zero-order valence-electron chi connectivity index (χ0n) is 14.0. The number of quaternary nitrogens is 2. The Kier molecular flexibility index (Phi) is 5.57. The Bertz CT molecular complexity index is 535. The number of piperidine rings is 1. The Balaban J connectivity index is 1.53. The fraction of sp³-hybridized carbons (Fsp3) is 0.611. The summed E-state index contributed by atoms with van der Waals surface area (Å²) in [6.45, 7) is 10.4. The Labute approximate surface area is 144 Å². The number of likely N-dealkylation sites (N-methyl/N-ethyl adjacent to an activating group) is 1. The molecule has 126 valence electrons. The number of hydrogen-bond acceptors (Lipinski definition) is 1. The van der Waals surface area contributed by atoms with Crippen LogP contribution in [-0.4, -0.2) is 62.7 Å². The summed E-state index contributed by atoms with van der Waals surface area (Å²) < 4.78 is 0. The molecule has 2 aliphatic heterocycles. The van der Waals surface area contributed by atoms with E-state index < -0.39 is 0 Å². The largest absolute Gasteiger partial charge is 0.338 e. The van der Waals surface area contributed by atoms with Gasteiger partial charge in [-0.2, -0.15) is 0 Å². The lowest BCUT2D eigenvalue weighted by Gasteiger charge is -2.39. The molecule has 0 aliphatic carbocycles. The Morgan fingerprint density at radius 1 is 1.17 bits per heavy atom. The lowest BCUT2D eigenvalue weighted by atomic mass is 10.0. The van der Waals surface area contributed by atoms with Crippen LogP contribution in [0.4, 0.5) is 0 Å². The van der Waals surface area contributed by atoms with Crippen LogP contribution in [0.5, 0.6) is 0 Å². The standard InChI is InChI=1S/C18H26ClN3O/c1-2-20-11-13-21(14-12-20)15-7-9-22(10-8-15)18(23)16-5-3-4-6-17(16)19/h3-6,15H,2,7-14H2,1H3/p+2. The van der Waals surface area contributed by atoms with Gasteiger partial charge in [-0.1, -0.05) is 23.7 Å². The van der Waals surface area contributed by atoms with Gasteiger partial charge in [0.2, 0.25) is 0 Å². The van der Waals surface area contributed by atoms with E-state index in [1.807, 2.05) is 23.1 Å². The van der Waals surface area contributed by atoms with Crippen LogP contribution in [0.25, 0.3) is 0 Å². The average molecular weight is 338 g/mol. The third kappa shape index (κ3) is 3.87. The summed E-state index contributed by atoms with van der Waals surface area (Å²) in [6, 6.07) is 8.09. The van der Waals surface area contributed by atoms with Crippen molar-refractivity contribution >= 4 is 17.5 Å². The van der Waals surface area contributed by atoms with E-state index >= 15 is 0 Å². The van der Waals surface area contributed by atoms with Gasteiger partial charge in [-0.25, -0.2) is 0 Å². The number of piperazine rings is 1. The van der Waals surface area contributed by atoms with Crippen molar-refractivity contribution in [3.8, 4) is 0 Å². The first-order chi connectivity index (χ1) is 11.2. The molecular weight excluding hydrogens is 310 g/mol. The minimum absolute atomic E-state index is 0.0873. The maximum absolute atomic E-state index is 12.6. The molecule has 2 N–H and O–H groups in total. The van der Waals surface area contributed by atoms with Crippen molar-refractivity contribution in [2.24, 2.45) is 0 Å². The van der Waals surface area contributed by atoms with E-state index in [0.29, 0.717) is 10.6 Å². The fourth-order valence-electron chi connectivity index (χ4n) is 3.98. The predicted octanol–water partition coefficient (Wildman–Crippen LogP) is -0.252. The second-order valence-corrected chi connectivity index (χ2v) is 7.22. The van der Waals surface area contributed by atoms with E-state index in [2.05, 4.69) is 6.92 Å². The van der Waals surface area contributed by atoms with Crippen molar-refractivity contribution in [1.82, 2.24) is 4.90 Å². The van der Waals surface area contributed by atoms with Gasteiger partial charge < -0.3 is 14.7 Å². The first kappa shape index (κ1) is 16.7. The monoisotopic (exact) mass is 337 g/mol. The highest BCUT2D eigenvalue weighted by Gasteiger charge is 2.33. The number of carbonyl (C=O) groups is 1. The third-order valence-corrected chi connectivity index (χ3v) is 5.89. The minimum Gasteiger partial charge on any atom is -0.338 e. The number of benzene rings is 1. The van der Waals surface area contributed by atoms with Crippen molar-refractivity contribution in [2.45, 2.75) is 25.8 Å². The highest BCUT2D eigenvalue weighted by molar-refractivity contribution is 6.33. The Morgan fingerprint density at radius 3 is 2.43 bits per heavy atom. The van der Waals surface area contributed by atoms with Gasteiger partial charge in [-0.15, -0.1) is 0 Å². The van der Waals surface area contributed by atoms with Crippen LogP contribution < -0.4 is 9.80 Å². The van der Waals surface area contributed by atoms with E-state index in [9.17, 15) is 4.79 Å². The Morgan fingerprint density at radius 2 is 1.83 bits per heavy atom. The molecule has 0 aromatic heterocycles. The molecule has 3 rings (SSSR count). The van der Waals surface area contributed by atoms with E-state index in [4.69, 9.17) is 11.6 Å². The number of halogens is 1. The van der Waals surface area contributed by atoms with Crippen molar-refractivity contribution in [3.63, 3.8) is 0 Å². The van der Waals surface area contributed by atoms with Gasteiger partial charge in [-0.05, 0) is 19.1 Å². The number of likely N-dealkylation sites (tertiary alicyclic amines) is 1. The third-order valence-electron chi connectivity index (χ3n) is 5.56. The van der Waals surface area contributed by atoms with Crippen LogP contribution in [0.1, 0.15) is 30.1 Å². The number of nitrogens with zero attached hydrogens (tertiary/aromatic N) is 1. The first-order valence-electron chi connectivity index (χ1n) is 8.91. The van der Waals surface area contributed by atoms with Crippen molar-refractivity contribution < 1.29 is 14.6 Å². The van der Waals surface area contributed by atoms with Gasteiger partial charge in [0.05, 0.1) is 23.2 Å². The summed E-state index contributed by atoms with van der Waals surface area (Å²) in [4.78, 5) is 18.1. The highest BCUT2D eigenvalue weighted by Crippen LogP contribution is 2.19. The molecule has 5 heteroatoms. The molecule has 2 saturated heterocycles. The highest BCUT2D eigenvalue weighted by atomic mass is 35.5. The van der Waals surface area contributed by atoms with Gasteiger partial charge in [0.15, 0.2) is 0 Å². The average Bonchev–Trinajstić information content (AvgIpc) is 2.62. The molecule has 2 fully saturated rings. The molecule has 23 heavy (non-hydrogen) atoms. The molecule has 0 spiro atoms. The molecule has 1 aromatic rings. The molecule has 1 amide bonds. The first-order valence-corrected chi connectivity index (χ1v) is 9.28. The van der Waals surface area contributed by atoms with Gasteiger partial charge in [-0.3, -0.25) is 4.79 Å². The van der Waals surface area contributed by atoms with E-state index in [-0.39, 0.29) is 5.91 Å². The molecule has 0 unspecified atom stereocenters. The topological polar surface area (TPSA) is 29.2 Å². The van der Waals surface area contributed by atoms with Crippen LogP contribution in [0.15, 0.2) is 24.3 Å². The van der Waals surface area contributed by atoms with Crippen LogP contribution in [-0.2, 0) is 0 Å². The smallest absolute Gasteiger partial charge is 0.255 e. The zero-order chi connectivity index (χ0) is 16.2. The number of carbonyl (C=O) groups excluding carboxylic acids is 1. The fourth-order valence-corrected chi connectivity index (χ4v) is 4.20. The molecule has 1 aromatic carbocycles. The summed E-state index contributed by atoms with van der Waals surface area (Å²) in [7, 11) is 0. The molecule has 0 saturated carbocycles. The lowest BCUT2D eigenvalue weighted by Crippen LogP contribution is -3.29. The maximum Gasteiger partial charge on any atom is 0.255 e. The van der Waals surface area contributed by atoms with Gasteiger partial charge in [0.1, 0.15) is 26.2 Å². The molecule has 2 aliphatic rings. The van der Waals surface area contributed by atoms with Crippen LogP contribution in [0, 0.1) is 0 Å². The number of hydrogen-bond donors (Lipinski definition) is 2. The number of amides is 1. The quantitative estimate of drug-likeness (QED) is 0.782. The Hall–Kier alpha value is -1.10. The van der Waals surface area contributed by atoms with Crippen molar-refractivity contribution in [2.75, 3.05) is 45.8 Å². The summed E-state index contributed by atoms with van der Waals surface area (Å²) >= 11 is 6.16. The predicted molar refractivity (Wildman–Crippen MR) is 92.3 cm³/mol. The zero-order valence-corrected chi connectivity index (χ0v) is 14.7. The maximum atomic E-state index is 12.6. The molecule has 0 bridgehead atoms. The van der Waals surface area contributed by atoms with Gasteiger partial charge in [0, 0.05) is 25.9 Å². The minimum atomic E-state index is 0.0873. The van der Waals surface area contributed by atoms with Crippen molar-refractivity contribution in [1.29, 1.82) is 0 Å². The van der Waals surface area contributed by atoms with Gasteiger partial charge in [0.25, 0.3) is 5.91 Å². The number of rotatable bonds is 3. The number of nitrogens with one attached hydrogen (secondary N) is 2. The molecule has 0 atom stereocenters. The SMILES string of the molecule is CC[NH+]1CC[NH+](C2CCN(C(=O)c3ccccc3Cl)CC2)CC1. The van der Waals surface area contributed by atoms with Gasteiger partial charge >= 0.3 is 0 Å². The lowest BCUT2D eigenvalue weighted by molar-refractivity contribution is -1.02. The molecule has 2 heterocycles.